The quantitative estimate of drug-likeness (QED) is 0.671. The molecule has 0 aliphatic heterocycles. The summed E-state index contributed by atoms with van der Waals surface area (Å²) >= 11 is 5.64. The van der Waals surface area contributed by atoms with E-state index in [0.717, 1.165) is 13.1 Å². The minimum Gasteiger partial charge on any atom is -0.312 e. The van der Waals surface area contributed by atoms with Gasteiger partial charge in [0.15, 0.2) is 0 Å². The Morgan fingerprint density at radius 3 is 2.37 bits per heavy atom. The zero-order chi connectivity index (χ0) is 14.4. The fourth-order valence-electron chi connectivity index (χ4n) is 1.59. The lowest BCUT2D eigenvalue weighted by atomic mass is 10.2. The average Bonchev–Trinajstić information content (AvgIpc) is 2.31. The van der Waals surface area contributed by atoms with Gasteiger partial charge in [0.2, 0.25) is 0 Å². The van der Waals surface area contributed by atoms with Crippen molar-refractivity contribution >= 4 is 27.7 Å². The molecule has 0 aliphatic carbocycles. The largest absolute Gasteiger partial charge is 0.312 e. The predicted molar refractivity (Wildman–Crippen MR) is 90.8 cm³/mol. The number of hydrogen-bond donors (Lipinski definition) is 1. The molecule has 0 fully saturated rings. The van der Waals surface area contributed by atoms with Gasteiger partial charge in [0.25, 0.3) is 0 Å². The third kappa shape index (κ3) is 6.33. The highest BCUT2D eigenvalue weighted by atomic mass is 79.9. The van der Waals surface area contributed by atoms with E-state index < -0.39 is 0 Å². The Labute approximate surface area is 131 Å². The van der Waals surface area contributed by atoms with Gasteiger partial charge < -0.3 is 5.32 Å². The summed E-state index contributed by atoms with van der Waals surface area (Å²) in [5, 5.41) is 4.13. The number of halogens is 1. The van der Waals surface area contributed by atoms with Gasteiger partial charge in [-0.05, 0) is 36.1 Å². The first kappa shape index (κ1) is 17.1. The molecule has 1 unspecified atom stereocenters. The van der Waals surface area contributed by atoms with Gasteiger partial charge in [-0.15, -0.1) is 11.8 Å². The van der Waals surface area contributed by atoms with Crippen molar-refractivity contribution < 1.29 is 0 Å². The van der Waals surface area contributed by atoms with Crippen molar-refractivity contribution in [3.8, 4) is 0 Å². The Bertz CT molecular complexity index is 390. The maximum atomic E-state index is 3.69. The summed E-state index contributed by atoms with van der Waals surface area (Å²) < 4.78 is 1.21. The van der Waals surface area contributed by atoms with E-state index in [9.17, 15) is 0 Å². The van der Waals surface area contributed by atoms with Gasteiger partial charge in [-0.25, -0.2) is 0 Å². The molecule has 0 heterocycles. The van der Waals surface area contributed by atoms with Crippen molar-refractivity contribution in [1.29, 1.82) is 0 Å². The van der Waals surface area contributed by atoms with Gasteiger partial charge in [-0.3, -0.25) is 0 Å². The van der Waals surface area contributed by atoms with Crippen molar-refractivity contribution in [2.75, 3.05) is 6.54 Å². The molecule has 0 aliphatic rings. The third-order valence-corrected chi connectivity index (χ3v) is 5.33. The van der Waals surface area contributed by atoms with E-state index >= 15 is 0 Å². The second-order valence-corrected chi connectivity index (χ2v) is 8.15. The Kier molecular flexibility index (Phi) is 7.48. The van der Waals surface area contributed by atoms with Crippen molar-refractivity contribution in [3.05, 3.63) is 28.2 Å². The van der Waals surface area contributed by atoms with Crippen molar-refractivity contribution in [3.63, 3.8) is 0 Å². The maximum absolute atomic E-state index is 3.69. The molecule has 1 rings (SSSR count). The normalized spacial score (nSPS) is 13.3. The first-order valence-electron chi connectivity index (χ1n) is 7.06. The average molecular weight is 344 g/mol. The molecule has 1 aromatic rings. The molecule has 1 aromatic carbocycles. The summed E-state index contributed by atoms with van der Waals surface area (Å²) in [7, 11) is 0. The van der Waals surface area contributed by atoms with Crippen LogP contribution in [0.5, 0.6) is 0 Å². The van der Waals surface area contributed by atoms with Crippen LogP contribution < -0.4 is 5.32 Å². The zero-order valence-electron chi connectivity index (χ0n) is 12.7. The summed E-state index contributed by atoms with van der Waals surface area (Å²) in [6, 6.07) is 6.71. The lowest BCUT2D eigenvalue weighted by Gasteiger charge is -2.16. The highest BCUT2D eigenvalue weighted by molar-refractivity contribution is 9.10. The van der Waals surface area contributed by atoms with E-state index in [1.54, 1.807) is 0 Å². The standard InChI is InChI=1S/C16H26BrNS/c1-11(2)9-18-10-14-6-7-15(8-16(14)17)19-13(5)12(3)4/h6-8,11-13,18H,9-10H2,1-5H3. The molecule has 0 spiro atoms. The Balaban J connectivity index is 2.59. The number of rotatable bonds is 7. The van der Waals surface area contributed by atoms with Crippen LogP contribution >= 0.6 is 27.7 Å². The predicted octanol–water partition coefficient (Wildman–Crippen LogP) is 5.33. The second-order valence-electron chi connectivity index (χ2n) is 5.84. The van der Waals surface area contributed by atoms with E-state index in [4.69, 9.17) is 0 Å². The molecule has 1 nitrogen and oxygen atoms in total. The van der Waals surface area contributed by atoms with E-state index in [2.05, 4.69) is 74.1 Å². The molecule has 19 heavy (non-hydrogen) atoms. The number of nitrogens with one attached hydrogen (secondary N) is 1. The molecular weight excluding hydrogens is 318 g/mol. The lowest BCUT2D eigenvalue weighted by Crippen LogP contribution is -2.19. The monoisotopic (exact) mass is 343 g/mol. The van der Waals surface area contributed by atoms with Crippen molar-refractivity contribution in [1.82, 2.24) is 5.32 Å². The van der Waals surface area contributed by atoms with Gasteiger partial charge in [-0.2, -0.15) is 0 Å². The summed E-state index contributed by atoms with van der Waals surface area (Å²) in [4.78, 5) is 1.35. The zero-order valence-corrected chi connectivity index (χ0v) is 15.1. The van der Waals surface area contributed by atoms with Gasteiger partial charge in [0, 0.05) is 21.2 Å². The summed E-state index contributed by atoms with van der Waals surface area (Å²) in [6.07, 6.45) is 0. The Morgan fingerprint density at radius 1 is 1.16 bits per heavy atom. The topological polar surface area (TPSA) is 12.0 Å². The van der Waals surface area contributed by atoms with Crippen LogP contribution in [0.15, 0.2) is 27.6 Å². The highest BCUT2D eigenvalue weighted by Crippen LogP contribution is 2.31. The van der Waals surface area contributed by atoms with Crippen LogP contribution in [0.3, 0.4) is 0 Å². The summed E-state index contributed by atoms with van der Waals surface area (Å²) in [5.74, 6) is 1.40. The van der Waals surface area contributed by atoms with Crippen LogP contribution in [0.25, 0.3) is 0 Å². The molecule has 3 heteroatoms. The van der Waals surface area contributed by atoms with Crippen molar-refractivity contribution in [2.24, 2.45) is 11.8 Å². The highest BCUT2D eigenvalue weighted by Gasteiger charge is 2.10. The van der Waals surface area contributed by atoms with Gasteiger partial charge in [0.1, 0.15) is 0 Å². The third-order valence-electron chi connectivity index (χ3n) is 3.15. The molecule has 0 aromatic heterocycles. The van der Waals surface area contributed by atoms with E-state index in [1.165, 1.54) is 14.9 Å². The van der Waals surface area contributed by atoms with E-state index in [1.807, 2.05) is 11.8 Å². The number of hydrogen-bond acceptors (Lipinski definition) is 2. The van der Waals surface area contributed by atoms with Gasteiger partial charge in [0.05, 0.1) is 0 Å². The lowest BCUT2D eigenvalue weighted by molar-refractivity contribution is 0.551. The minimum absolute atomic E-state index is 0.650. The van der Waals surface area contributed by atoms with Gasteiger partial charge >= 0.3 is 0 Å². The molecule has 0 saturated heterocycles. The second kappa shape index (κ2) is 8.33. The molecule has 0 amide bonds. The molecule has 0 saturated carbocycles. The number of thioether (sulfide) groups is 1. The summed E-state index contributed by atoms with van der Waals surface area (Å²) in [5.41, 5.74) is 1.34. The molecular formula is C16H26BrNS. The van der Waals surface area contributed by atoms with Crippen LogP contribution in [0.1, 0.15) is 40.2 Å². The maximum Gasteiger partial charge on any atom is 0.0231 e. The van der Waals surface area contributed by atoms with Crippen LogP contribution in [-0.2, 0) is 6.54 Å². The fraction of sp³-hybridized carbons (Fsp3) is 0.625. The van der Waals surface area contributed by atoms with E-state index in [-0.39, 0.29) is 0 Å². The van der Waals surface area contributed by atoms with Crippen LogP contribution in [-0.4, -0.2) is 11.8 Å². The first-order valence-corrected chi connectivity index (χ1v) is 8.73. The molecule has 1 atom stereocenters. The first-order chi connectivity index (χ1) is 8.90. The number of benzene rings is 1. The minimum atomic E-state index is 0.650. The smallest absolute Gasteiger partial charge is 0.0231 e. The molecule has 0 radical (unpaired) electrons. The van der Waals surface area contributed by atoms with Crippen molar-refractivity contribution in [2.45, 2.75) is 51.3 Å². The molecule has 108 valence electrons. The van der Waals surface area contributed by atoms with Gasteiger partial charge in [-0.1, -0.05) is 56.6 Å². The Hall–Kier alpha value is 0.01000. The van der Waals surface area contributed by atoms with Crippen LogP contribution in [0.4, 0.5) is 0 Å². The fourth-order valence-corrected chi connectivity index (χ4v) is 3.30. The molecule has 0 bridgehead atoms. The van der Waals surface area contributed by atoms with Crippen LogP contribution in [0, 0.1) is 11.8 Å². The van der Waals surface area contributed by atoms with Crippen LogP contribution in [0.2, 0.25) is 0 Å². The SMILES string of the molecule is CC(C)CNCc1ccc(SC(C)C(C)C)cc1Br. The van der Waals surface area contributed by atoms with E-state index in [0.29, 0.717) is 17.1 Å². The molecule has 1 N–H and O–H groups in total. The Morgan fingerprint density at radius 2 is 1.84 bits per heavy atom. The summed E-state index contributed by atoms with van der Waals surface area (Å²) in [6.45, 7) is 13.3.